The van der Waals surface area contributed by atoms with Crippen LogP contribution >= 0.6 is 0 Å². The number of hydrazine groups is 1. The number of aromatic nitrogens is 2. The Balaban J connectivity index is 1.71. The number of nitrogens with two attached hydrogens (primary N) is 1. The molecule has 0 atom stereocenters. The molecule has 1 aromatic heterocycles. The van der Waals surface area contributed by atoms with Crippen molar-refractivity contribution in [3.63, 3.8) is 0 Å². The molecule has 122 valence electrons. The molecule has 0 unspecified atom stereocenters. The fraction of sp³-hybridized carbons (Fsp3) is 0.333. The minimum absolute atomic E-state index is 0.288. The van der Waals surface area contributed by atoms with Gasteiger partial charge in [-0.05, 0) is 31.3 Å². The van der Waals surface area contributed by atoms with E-state index in [1.165, 1.54) is 18.5 Å². The molecule has 4 N–H and O–H groups in total. The van der Waals surface area contributed by atoms with E-state index in [4.69, 9.17) is 5.73 Å². The van der Waals surface area contributed by atoms with Gasteiger partial charge in [0.25, 0.3) is 0 Å². The van der Waals surface area contributed by atoms with E-state index >= 15 is 0 Å². The molecular weight excluding hydrogens is 297 g/mol. The molecule has 1 fully saturated rings. The number of anilines is 4. The Morgan fingerprint density at radius 3 is 2.39 bits per heavy atom. The van der Waals surface area contributed by atoms with Gasteiger partial charge in [0.05, 0.1) is 0 Å². The van der Waals surface area contributed by atoms with Crippen molar-refractivity contribution in [2.75, 3.05) is 49.7 Å². The minimum atomic E-state index is -0.288. The van der Waals surface area contributed by atoms with Crippen LogP contribution in [-0.2, 0) is 0 Å². The van der Waals surface area contributed by atoms with Crippen LogP contribution in [0.3, 0.4) is 0 Å². The Bertz CT molecular complexity index is 653. The highest BCUT2D eigenvalue weighted by Crippen LogP contribution is 2.26. The van der Waals surface area contributed by atoms with E-state index in [1.54, 1.807) is 12.1 Å². The Hall–Kier alpha value is -2.45. The maximum Gasteiger partial charge on any atom is 0.169 e. The van der Waals surface area contributed by atoms with Gasteiger partial charge < -0.3 is 21.4 Å². The van der Waals surface area contributed by atoms with Gasteiger partial charge in [-0.2, -0.15) is 0 Å². The van der Waals surface area contributed by atoms with Crippen molar-refractivity contribution in [2.45, 2.75) is 0 Å². The first kappa shape index (κ1) is 15.4. The molecule has 8 heteroatoms. The molecule has 0 bridgehead atoms. The summed E-state index contributed by atoms with van der Waals surface area (Å²) in [6.07, 6.45) is 1.45. The normalized spacial score (nSPS) is 16.3. The molecule has 1 aliphatic heterocycles. The molecule has 2 aromatic rings. The fourth-order valence-corrected chi connectivity index (χ4v) is 2.32. The number of nitrogen functional groups attached to an aromatic ring is 1. The van der Waals surface area contributed by atoms with Crippen molar-refractivity contribution in [3.8, 4) is 0 Å². The number of hydrogen-bond acceptors (Lipinski definition) is 7. The SMILES string of the molecule is CN1CCN(Nc2ncnc(Nc3ccc(F)cc3)c2N)CC1. The number of rotatable bonds is 4. The molecule has 23 heavy (non-hydrogen) atoms. The number of benzene rings is 1. The molecular formula is C15H20FN7. The lowest BCUT2D eigenvalue weighted by molar-refractivity contribution is 0.178. The zero-order valence-corrected chi connectivity index (χ0v) is 13.0. The summed E-state index contributed by atoms with van der Waals surface area (Å²) in [4.78, 5) is 10.6. The minimum Gasteiger partial charge on any atom is -0.393 e. The van der Waals surface area contributed by atoms with E-state index < -0.39 is 0 Å². The quantitative estimate of drug-likeness (QED) is 0.788. The summed E-state index contributed by atoms with van der Waals surface area (Å²) in [5.74, 6) is 0.765. The Morgan fingerprint density at radius 1 is 1.04 bits per heavy atom. The third kappa shape index (κ3) is 3.85. The summed E-state index contributed by atoms with van der Waals surface area (Å²) in [5.41, 5.74) is 10.5. The Morgan fingerprint density at radius 2 is 1.70 bits per heavy atom. The molecule has 2 heterocycles. The highest BCUT2D eigenvalue weighted by Gasteiger charge is 2.16. The van der Waals surface area contributed by atoms with Gasteiger partial charge in [-0.3, -0.25) is 0 Å². The molecule has 0 spiro atoms. The Kier molecular flexibility index (Phi) is 4.54. The van der Waals surface area contributed by atoms with E-state index in [-0.39, 0.29) is 5.82 Å². The topological polar surface area (TPSA) is 82.3 Å². The number of hydrogen-bond donors (Lipinski definition) is 3. The average Bonchev–Trinajstić information content (AvgIpc) is 2.55. The standard InChI is InChI=1S/C15H20FN7/c1-22-6-8-23(9-7-22)21-15-13(17)14(18-10-19-15)20-12-4-2-11(16)3-5-12/h2-5,10H,6-9,17H2,1H3,(H2,18,19,20,21). The first-order chi connectivity index (χ1) is 11.1. The summed E-state index contributed by atoms with van der Waals surface area (Å²) in [5, 5.41) is 5.16. The summed E-state index contributed by atoms with van der Waals surface area (Å²) >= 11 is 0. The van der Waals surface area contributed by atoms with E-state index in [9.17, 15) is 4.39 Å². The van der Waals surface area contributed by atoms with Crippen LogP contribution in [0.1, 0.15) is 0 Å². The van der Waals surface area contributed by atoms with Gasteiger partial charge in [0.15, 0.2) is 11.6 Å². The van der Waals surface area contributed by atoms with Crippen molar-refractivity contribution >= 4 is 23.0 Å². The van der Waals surface area contributed by atoms with Crippen molar-refractivity contribution < 1.29 is 4.39 Å². The summed E-state index contributed by atoms with van der Waals surface area (Å²) < 4.78 is 13.0. The van der Waals surface area contributed by atoms with Gasteiger partial charge in [-0.25, -0.2) is 19.4 Å². The van der Waals surface area contributed by atoms with Crippen LogP contribution in [0.4, 0.5) is 27.4 Å². The maximum atomic E-state index is 13.0. The summed E-state index contributed by atoms with van der Waals surface area (Å²) in [6.45, 7) is 3.75. The second-order valence-electron chi connectivity index (χ2n) is 5.52. The molecule has 1 saturated heterocycles. The molecule has 0 amide bonds. The molecule has 3 rings (SSSR count). The predicted octanol–water partition coefficient (Wildman–Crippen LogP) is 1.52. The molecule has 0 saturated carbocycles. The monoisotopic (exact) mass is 317 g/mol. The second-order valence-corrected chi connectivity index (χ2v) is 5.52. The van der Waals surface area contributed by atoms with Gasteiger partial charge in [0.2, 0.25) is 0 Å². The van der Waals surface area contributed by atoms with Gasteiger partial charge >= 0.3 is 0 Å². The van der Waals surface area contributed by atoms with Crippen LogP contribution < -0.4 is 16.5 Å². The zero-order valence-electron chi connectivity index (χ0n) is 13.0. The predicted molar refractivity (Wildman–Crippen MR) is 88.8 cm³/mol. The van der Waals surface area contributed by atoms with Crippen LogP contribution in [0.2, 0.25) is 0 Å². The second kappa shape index (κ2) is 6.76. The Labute approximate surface area is 134 Å². The van der Waals surface area contributed by atoms with Crippen LogP contribution in [0.5, 0.6) is 0 Å². The smallest absolute Gasteiger partial charge is 0.169 e. The van der Waals surface area contributed by atoms with Gasteiger partial charge in [0.1, 0.15) is 17.8 Å². The molecule has 0 aliphatic carbocycles. The number of halogens is 1. The van der Waals surface area contributed by atoms with Gasteiger partial charge in [-0.1, -0.05) is 0 Å². The summed E-state index contributed by atoms with van der Waals surface area (Å²) in [7, 11) is 2.10. The third-order valence-electron chi connectivity index (χ3n) is 3.76. The highest BCUT2D eigenvalue weighted by atomic mass is 19.1. The number of likely N-dealkylation sites (N-methyl/N-ethyl adjacent to an activating group) is 1. The third-order valence-corrected chi connectivity index (χ3v) is 3.76. The maximum absolute atomic E-state index is 13.0. The molecule has 0 radical (unpaired) electrons. The van der Waals surface area contributed by atoms with Crippen LogP contribution in [0.15, 0.2) is 30.6 Å². The number of nitrogens with one attached hydrogen (secondary N) is 2. The van der Waals surface area contributed by atoms with Crippen molar-refractivity contribution in [1.29, 1.82) is 0 Å². The van der Waals surface area contributed by atoms with E-state index in [1.807, 2.05) is 0 Å². The summed E-state index contributed by atoms with van der Waals surface area (Å²) in [6, 6.07) is 6.02. The van der Waals surface area contributed by atoms with E-state index in [2.05, 4.69) is 37.7 Å². The molecule has 1 aliphatic rings. The average molecular weight is 317 g/mol. The molecule has 1 aromatic carbocycles. The van der Waals surface area contributed by atoms with Crippen molar-refractivity contribution in [3.05, 3.63) is 36.4 Å². The van der Waals surface area contributed by atoms with E-state index in [0.717, 1.165) is 26.2 Å². The lowest BCUT2D eigenvalue weighted by Gasteiger charge is -2.32. The van der Waals surface area contributed by atoms with Gasteiger partial charge in [0, 0.05) is 31.9 Å². The van der Waals surface area contributed by atoms with Gasteiger partial charge in [-0.15, -0.1) is 0 Å². The first-order valence-electron chi connectivity index (χ1n) is 7.45. The zero-order chi connectivity index (χ0) is 16.2. The fourth-order valence-electron chi connectivity index (χ4n) is 2.32. The van der Waals surface area contributed by atoms with Crippen molar-refractivity contribution in [1.82, 2.24) is 19.9 Å². The van der Waals surface area contributed by atoms with Crippen LogP contribution in [0.25, 0.3) is 0 Å². The van der Waals surface area contributed by atoms with Crippen molar-refractivity contribution in [2.24, 2.45) is 0 Å². The van der Waals surface area contributed by atoms with Crippen LogP contribution in [-0.4, -0.2) is 53.1 Å². The largest absolute Gasteiger partial charge is 0.393 e. The number of nitrogens with zero attached hydrogens (tertiary/aromatic N) is 4. The lowest BCUT2D eigenvalue weighted by Crippen LogP contribution is -2.47. The van der Waals surface area contributed by atoms with E-state index in [0.29, 0.717) is 23.0 Å². The van der Waals surface area contributed by atoms with Crippen LogP contribution in [0, 0.1) is 5.82 Å². The lowest BCUT2D eigenvalue weighted by atomic mass is 10.3. The molecule has 7 nitrogen and oxygen atoms in total. The first-order valence-corrected chi connectivity index (χ1v) is 7.45. The number of piperazine rings is 1. The highest BCUT2D eigenvalue weighted by molar-refractivity contribution is 5.77.